The van der Waals surface area contributed by atoms with Crippen LogP contribution in [0.1, 0.15) is 15.4 Å². The van der Waals surface area contributed by atoms with E-state index >= 15 is 0 Å². The Bertz CT molecular complexity index is 520. The summed E-state index contributed by atoms with van der Waals surface area (Å²) in [6.45, 7) is 1.59. The molecule has 0 aliphatic rings. The first-order valence-corrected chi connectivity index (χ1v) is 5.51. The number of thiazole rings is 1. The van der Waals surface area contributed by atoms with E-state index in [0.29, 0.717) is 11.8 Å². The second-order valence-electron chi connectivity index (χ2n) is 3.07. The van der Waals surface area contributed by atoms with Crippen molar-refractivity contribution in [2.45, 2.75) is 6.92 Å². The Morgan fingerprint density at radius 1 is 1.39 bits per heavy atom. The molecule has 8 heteroatoms. The summed E-state index contributed by atoms with van der Waals surface area (Å²) in [4.78, 5) is 36.8. The molecule has 1 amide bonds. The molecule has 0 fully saturated rings. The summed E-state index contributed by atoms with van der Waals surface area (Å²) in [5, 5.41) is 12.6. The predicted octanol–water partition coefficient (Wildman–Crippen LogP) is -0.517. The van der Waals surface area contributed by atoms with Gasteiger partial charge in [-0.25, -0.2) is 9.78 Å². The summed E-state index contributed by atoms with van der Waals surface area (Å²) in [5.41, 5.74) is 0.422. The number of aliphatic carboxylic acids is 1. The quantitative estimate of drug-likeness (QED) is 0.582. The highest BCUT2D eigenvalue weighted by molar-refractivity contribution is 7.17. The van der Waals surface area contributed by atoms with Gasteiger partial charge < -0.3 is 14.6 Å². The fourth-order valence-corrected chi connectivity index (χ4v) is 1.91. The zero-order chi connectivity index (χ0) is 13.7. The molecule has 1 aromatic rings. The lowest BCUT2D eigenvalue weighted by Crippen LogP contribution is -2.20. The number of hydrogen-bond acceptors (Lipinski definition) is 7. The van der Waals surface area contributed by atoms with Crippen LogP contribution in [-0.2, 0) is 14.3 Å². The average molecular weight is 269 g/mol. The van der Waals surface area contributed by atoms with Gasteiger partial charge in [-0.1, -0.05) is 11.3 Å². The van der Waals surface area contributed by atoms with Gasteiger partial charge in [0.2, 0.25) is 5.91 Å². The molecular formula is C10H9N2O5S-. The molecule has 0 saturated heterocycles. The van der Waals surface area contributed by atoms with Crippen molar-refractivity contribution in [1.82, 2.24) is 4.98 Å². The molecular weight excluding hydrogens is 260 g/mol. The van der Waals surface area contributed by atoms with E-state index in [9.17, 15) is 19.5 Å². The number of carbonyl (C=O) groups is 3. The van der Waals surface area contributed by atoms with E-state index < -0.39 is 17.8 Å². The summed E-state index contributed by atoms with van der Waals surface area (Å²) in [7, 11) is 1.24. The van der Waals surface area contributed by atoms with Crippen molar-refractivity contribution >= 4 is 34.3 Å². The lowest BCUT2D eigenvalue weighted by atomic mass is 10.4. The lowest BCUT2D eigenvalue weighted by molar-refractivity contribution is -0.297. The van der Waals surface area contributed by atoms with Crippen molar-refractivity contribution in [2.24, 2.45) is 0 Å². The molecule has 0 aliphatic carbocycles. The highest BCUT2D eigenvalue weighted by atomic mass is 32.1. The zero-order valence-corrected chi connectivity index (χ0v) is 10.4. The van der Waals surface area contributed by atoms with Crippen molar-refractivity contribution < 1.29 is 24.2 Å². The van der Waals surface area contributed by atoms with Crippen molar-refractivity contribution in [3.63, 3.8) is 0 Å². The molecule has 0 aliphatic heterocycles. The molecule has 7 nitrogen and oxygen atoms in total. The van der Waals surface area contributed by atoms with Crippen molar-refractivity contribution in [3.05, 3.63) is 22.7 Å². The molecule has 0 unspecified atom stereocenters. The second kappa shape index (κ2) is 5.92. The molecule has 0 bridgehead atoms. The molecule has 96 valence electrons. The Morgan fingerprint density at radius 2 is 2.06 bits per heavy atom. The van der Waals surface area contributed by atoms with Gasteiger partial charge in [0.15, 0.2) is 5.13 Å². The van der Waals surface area contributed by atoms with Gasteiger partial charge in [-0.2, -0.15) is 0 Å². The summed E-state index contributed by atoms with van der Waals surface area (Å²) in [6, 6.07) is 0. The summed E-state index contributed by atoms with van der Waals surface area (Å²) >= 11 is 0.940. The maximum absolute atomic E-state index is 11.3. The van der Waals surface area contributed by atoms with Crippen molar-refractivity contribution in [3.8, 4) is 0 Å². The normalized spacial score (nSPS) is 10.3. The van der Waals surface area contributed by atoms with Crippen molar-refractivity contribution in [1.29, 1.82) is 0 Å². The van der Waals surface area contributed by atoms with Crippen LogP contribution in [0.3, 0.4) is 0 Å². The maximum Gasteiger partial charge on any atom is 0.350 e. The number of esters is 1. The minimum atomic E-state index is -1.48. The number of anilines is 1. The van der Waals surface area contributed by atoms with Crippen LogP contribution < -0.4 is 10.4 Å². The fourth-order valence-electron chi connectivity index (χ4n) is 1.02. The Morgan fingerprint density at radius 3 is 2.61 bits per heavy atom. The van der Waals surface area contributed by atoms with Crippen LogP contribution in [0.2, 0.25) is 0 Å². The Balaban J connectivity index is 2.78. The molecule has 1 heterocycles. The van der Waals surface area contributed by atoms with E-state index in [1.54, 1.807) is 6.92 Å². The molecule has 0 aromatic carbocycles. The SMILES string of the molecule is COC(=O)c1sc(NC(=O)/C=C/C(=O)[O-])nc1C. The summed E-state index contributed by atoms with van der Waals surface area (Å²) in [5.74, 6) is -2.70. The van der Waals surface area contributed by atoms with Crippen LogP contribution in [0, 0.1) is 6.92 Å². The third kappa shape index (κ3) is 3.67. The molecule has 1 rings (SSSR count). The van der Waals surface area contributed by atoms with E-state index in [2.05, 4.69) is 15.0 Å². The summed E-state index contributed by atoms with van der Waals surface area (Å²) in [6.07, 6.45) is 1.39. The largest absolute Gasteiger partial charge is 0.545 e. The van der Waals surface area contributed by atoms with Crippen LogP contribution in [0.4, 0.5) is 5.13 Å². The number of nitrogens with zero attached hydrogens (tertiary/aromatic N) is 1. The van der Waals surface area contributed by atoms with Crippen LogP contribution in [0.5, 0.6) is 0 Å². The maximum atomic E-state index is 11.3. The number of hydrogen-bond donors (Lipinski definition) is 1. The standard InChI is InChI=1S/C10H10N2O5S/c1-5-8(9(16)17-2)18-10(11-5)12-6(13)3-4-7(14)15/h3-4H,1-2H3,(H,14,15)(H,11,12,13)/p-1/b4-3+. The van der Waals surface area contributed by atoms with Crippen molar-refractivity contribution in [2.75, 3.05) is 12.4 Å². The molecule has 0 atom stereocenters. The Labute approximate surface area is 106 Å². The number of amides is 1. The number of aromatic nitrogens is 1. The fraction of sp³-hybridized carbons (Fsp3) is 0.200. The van der Waals surface area contributed by atoms with Gasteiger partial charge in [-0.05, 0) is 13.0 Å². The number of carboxylic acids is 1. The first-order chi connectivity index (χ1) is 8.43. The average Bonchev–Trinajstić information content (AvgIpc) is 2.66. The van der Waals surface area contributed by atoms with Crippen LogP contribution in [0.25, 0.3) is 0 Å². The minimum absolute atomic E-state index is 0.181. The van der Waals surface area contributed by atoms with Gasteiger partial charge in [0.05, 0.1) is 18.8 Å². The lowest BCUT2D eigenvalue weighted by Gasteiger charge is -1.95. The van der Waals surface area contributed by atoms with E-state index in [-0.39, 0.29) is 10.0 Å². The number of ether oxygens (including phenoxy) is 1. The first-order valence-electron chi connectivity index (χ1n) is 4.70. The van der Waals surface area contributed by atoms with Crippen LogP contribution in [0.15, 0.2) is 12.2 Å². The first kappa shape index (κ1) is 13.8. The molecule has 1 N–H and O–H groups in total. The third-order valence-electron chi connectivity index (χ3n) is 1.77. The smallest absolute Gasteiger partial charge is 0.350 e. The van der Waals surface area contributed by atoms with Gasteiger partial charge in [-0.3, -0.25) is 10.1 Å². The van der Waals surface area contributed by atoms with E-state index in [1.165, 1.54) is 7.11 Å². The van der Waals surface area contributed by atoms with E-state index in [4.69, 9.17) is 0 Å². The number of nitrogens with one attached hydrogen (secondary N) is 1. The second-order valence-corrected chi connectivity index (χ2v) is 4.07. The van der Waals surface area contributed by atoms with Gasteiger partial charge in [-0.15, -0.1) is 0 Å². The number of aryl methyl sites for hydroxylation is 1. The zero-order valence-electron chi connectivity index (χ0n) is 9.55. The summed E-state index contributed by atoms with van der Waals surface area (Å²) < 4.78 is 4.53. The van der Waals surface area contributed by atoms with Gasteiger partial charge >= 0.3 is 5.97 Å². The van der Waals surface area contributed by atoms with E-state index in [1.807, 2.05) is 0 Å². The number of carboxylic acid groups (broad SMARTS) is 1. The van der Waals surface area contributed by atoms with Crippen LogP contribution in [-0.4, -0.2) is 29.9 Å². The van der Waals surface area contributed by atoms with Gasteiger partial charge in [0.25, 0.3) is 0 Å². The van der Waals surface area contributed by atoms with E-state index in [0.717, 1.165) is 17.4 Å². The Kier molecular flexibility index (Phi) is 4.55. The van der Waals surface area contributed by atoms with Gasteiger partial charge in [0.1, 0.15) is 4.88 Å². The Hall–Kier alpha value is -2.22. The molecule has 0 saturated carbocycles. The molecule has 18 heavy (non-hydrogen) atoms. The molecule has 1 aromatic heterocycles. The minimum Gasteiger partial charge on any atom is -0.545 e. The topological polar surface area (TPSA) is 108 Å². The number of methoxy groups -OCH3 is 1. The van der Waals surface area contributed by atoms with Crippen LogP contribution >= 0.6 is 11.3 Å². The molecule has 0 radical (unpaired) electrons. The number of rotatable bonds is 4. The highest BCUT2D eigenvalue weighted by Crippen LogP contribution is 2.23. The van der Waals surface area contributed by atoms with Gasteiger partial charge in [0, 0.05) is 6.08 Å². The predicted molar refractivity (Wildman–Crippen MR) is 61.0 cm³/mol. The third-order valence-corrected chi connectivity index (χ3v) is 2.82. The monoisotopic (exact) mass is 269 g/mol. The highest BCUT2D eigenvalue weighted by Gasteiger charge is 2.16. The molecule has 0 spiro atoms. The number of carbonyl (C=O) groups excluding carboxylic acids is 3.